The van der Waals surface area contributed by atoms with Crippen LogP contribution in [0.25, 0.3) is 0 Å². The predicted octanol–water partition coefficient (Wildman–Crippen LogP) is 2.60. The van der Waals surface area contributed by atoms with Gasteiger partial charge in [-0.25, -0.2) is 0 Å². The van der Waals surface area contributed by atoms with Crippen molar-refractivity contribution in [2.45, 2.75) is 27.2 Å². The summed E-state index contributed by atoms with van der Waals surface area (Å²) < 4.78 is 0. The van der Waals surface area contributed by atoms with Crippen molar-refractivity contribution in [1.82, 2.24) is 0 Å². The van der Waals surface area contributed by atoms with Gasteiger partial charge in [0, 0.05) is 18.8 Å². The fourth-order valence-electron chi connectivity index (χ4n) is 1.83. The number of carboxylic acid groups (broad SMARTS) is 1. The van der Waals surface area contributed by atoms with Gasteiger partial charge in [0.05, 0.1) is 6.42 Å². The second-order valence-electron chi connectivity index (χ2n) is 4.07. The maximum atomic E-state index is 10.6. The van der Waals surface area contributed by atoms with Crippen LogP contribution in [-0.4, -0.2) is 24.2 Å². The van der Waals surface area contributed by atoms with Gasteiger partial charge in [-0.15, -0.1) is 0 Å². The maximum absolute atomic E-state index is 10.6. The first-order valence-corrected chi connectivity index (χ1v) is 5.58. The molecule has 0 spiro atoms. The summed E-state index contributed by atoms with van der Waals surface area (Å²) in [5.74, 6) is -0.747. The molecule has 3 nitrogen and oxygen atoms in total. The van der Waals surface area contributed by atoms with Crippen LogP contribution < -0.4 is 4.90 Å². The summed E-state index contributed by atoms with van der Waals surface area (Å²) in [5, 5.41) is 8.69. The Hall–Kier alpha value is -1.51. The number of anilines is 1. The van der Waals surface area contributed by atoms with Crippen molar-refractivity contribution in [2.75, 3.05) is 18.0 Å². The molecule has 0 saturated carbocycles. The van der Waals surface area contributed by atoms with E-state index in [1.807, 2.05) is 6.92 Å². The van der Waals surface area contributed by atoms with Crippen molar-refractivity contribution in [1.29, 1.82) is 0 Å². The van der Waals surface area contributed by atoms with E-state index in [-0.39, 0.29) is 6.42 Å². The number of carboxylic acids is 1. The van der Waals surface area contributed by atoms with Gasteiger partial charge < -0.3 is 10.0 Å². The molecule has 0 amide bonds. The SMILES string of the molecule is CCN(CCC(=O)O)c1cc(C)cc(C)c1. The van der Waals surface area contributed by atoms with E-state index >= 15 is 0 Å². The van der Waals surface area contributed by atoms with Crippen molar-refractivity contribution in [3.63, 3.8) is 0 Å². The molecule has 0 radical (unpaired) electrons. The molecule has 0 saturated heterocycles. The molecular formula is C13H19NO2. The molecule has 88 valence electrons. The van der Waals surface area contributed by atoms with Crippen molar-refractivity contribution < 1.29 is 9.90 Å². The monoisotopic (exact) mass is 221 g/mol. The molecule has 1 aromatic rings. The maximum Gasteiger partial charge on any atom is 0.305 e. The zero-order chi connectivity index (χ0) is 12.1. The summed E-state index contributed by atoms with van der Waals surface area (Å²) in [6.45, 7) is 7.55. The molecular weight excluding hydrogens is 202 g/mol. The van der Waals surface area contributed by atoms with E-state index in [9.17, 15) is 4.79 Å². The minimum atomic E-state index is -0.747. The minimum absolute atomic E-state index is 0.181. The summed E-state index contributed by atoms with van der Waals surface area (Å²) in [4.78, 5) is 12.6. The Morgan fingerprint density at radius 2 is 1.81 bits per heavy atom. The Bertz CT molecular complexity index is 354. The number of aryl methyl sites for hydroxylation is 2. The number of hydrogen-bond donors (Lipinski definition) is 1. The van der Waals surface area contributed by atoms with Gasteiger partial charge in [-0.1, -0.05) is 6.07 Å². The van der Waals surface area contributed by atoms with Crippen LogP contribution in [0, 0.1) is 13.8 Å². The largest absolute Gasteiger partial charge is 0.481 e. The quantitative estimate of drug-likeness (QED) is 0.830. The van der Waals surface area contributed by atoms with E-state index in [4.69, 9.17) is 5.11 Å². The Kier molecular flexibility index (Phi) is 4.35. The van der Waals surface area contributed by atoms with E-state index in [2.05, 4.69) is 36.9 Å². The summed E-state index contributed by atoms with van der Waals surface area (Å²) in [5.41, 5.74) is 3.54. The Morgan fingerprint density at radius 1 is 1.25 bits per heavy atom. The van der Waals surface area contributed by atoms with Gasteiger partial charge in [0.15, 0.2) is 0 Å². The summed E-state index contributed by atoms with van der Waals surface area (Å²) in [6, 6.07) is 6.31. The lowest BCUT2D eigenvalue weighted by Gasteiger charge is -2.23. The van der Waals surface area contributed by atoms with Crippen LogP contribution in [0.2, 0.25) is 0 Å². The lowest BCUT2D eigenvalue weighted by Crippen LogP contribution is -2.25. The van der Waals surface area contributed by atoms with Crippen LogP contribution in [0.15, 0.2) is 18.2 Å². The Morgan fingerprint density at radius 3 is 2.25 bits per heavy atom. The molecule has 0 unspecified atom stereocenters. The highest BCUT2D eigenvalue weighted by molar-refractivity contribution is 5.67. The Labute approximate surface area is 96.7 Å². The molecule has 0 aliphatic carbocycles. The van der Waals surface area contributed by atoms with Crippen molar-refractivity contribution in [3.8, 4) is 0 Å². The molecule has 1 aromatic carbocycles. The second kappa shape index (κ2) is 5.54. The molecule has 0 fully saturated rings. The van der Waals surface area contributed by atoms with E-state index in [0.29, 0.717) is 6.54 Å². The van der Waals surface area contributed by atoms with Crippen molar-refractivity contribution >= 4 is 11.7 Å². The lowest BCUT2D eigenvalue weighted by molar-refractivity contribution is -0.136. The third kappa shape index (κ3) is 3.57. The third-order valence-corrected chi connectivity index (χ3v) is 2.55. The van der Waals surface area contributed by atoms with Gasteiger partial charge in [0.2, 0.25) is 0 Å². The molecule has 0 aliphatic rings. The van der Waals surface area contributed by atoms with Crippen LogP contribution >= 0.6 is 0 Å². The first-order chi connectivity index (χ1) is 7.52. The predicted molar refractivity (Wildman–Crippen MR) is 66.1 cm³/mol. The van der Waals surface area contributed by atoms with E-state index < -0.39 is 5.97 Å². The number of aliphatic carboxylic acids is 1. The van der Waals surface area contributed by atoms with Gasteiger partial charge in [0.25, 0.3) is 0 Å². The summed E-state index contributed by atoms with van der Waals surface area (Å²) >= 11 is 0. The van der Waals surface area contributed by atoms with Gasteiger partial charge in [-0.3, -0.25) is 4.79 Å². The Balaban J connectivity index is 2.81. The highest BCUT2D eigenvalue weighted by Gasteiger charge is 2.07. The zero-order valence-corrected chi connectivity index (χ0v) is 10.2. The second-order valence-corrected chi connectivity index (χ2v) is 4.07. The van der Waals surface area contributed by atoms with Gasteiger partial charge in [-0.2, -0.15) is 0 Å². The van der Waals surface area contributed by atoms with Crippen LogP contribution in [0.5, 0.6) is 0 Å². The minimum Gasteiger partial charge on any atom is -0.481 e. The van der Waals surface area contributed by atoms with E-state index in [1.165, 1.54) is 11.1 Å². The van der Waals surface area contributed by atoms with Gasteiger partial charge in [0.1, 0.15) is 0 Å². The van der Waals surface area contributed by atoms with Crippen LogP contribution in [0.4, 0.5) is 5.69 Å². The third-order valence-electron chi connectivity index (χ3n) is 2.55. The topological polar surface area (TPSA) is 40.5 Å². The van der Waals surface area contributed by atoms with Crippen LogP contribution in [0.1, 0.15) is 24.5 Å². The van der Waals surface area contributed by atoms with E-state index in [0.717, 1.165) is 12.2 Å². The molecule has 0 heterocycles. The van der Waals surface area contributed by atoms with Gasteiger partial charge in [-0.05, 0) is 44.0 Å². The van der Waals surface area contributed by atoms with Gasteiger partial charge >= 0.3 is 5.97 Å². The average Bonchev–Trinajstić information content (AvgIpc) is 2.16. The van der Waals surface area contributed by atoms with Crippen molar-refractivity contribution in [2.24, 2.45) is 0 Å². The number of nitrogens with zero attached hydrogens (tertiary/aromatic N) is 1. The molecule has 0 atom stereocenters. The molecule has 16 heavy (non-hydrogen) atoms. The number of hydrogen-bond acceptors (Lipinski definition) is 2. The standard InChI is InChI=1S/C13H19NO2/c1-4-14(6-5-13(15)16)12-8-10(2)7-11(3)9-12/h7-9H,4-6H2,1-3H3,(H,15,16). The molecule has 1 rings (SSSR count). The van der Waals surface area contributed by atoms with E-state index in [1.54, 1.807) is 0 Å². The summed E-state index contributed by atoms with van der Waals surface area (Å²) in [6.07, 6.45) is 0.181. The number of rotatable bonds is 5. The lowest BCUT2D eigenvalue weighted by atomic mass is 10.1. The molecule has 0 aromatic heterocycles. The first kappa shape index (κ1) is 12.6. The first-order valence-electron chi connectivity index (χ1n) is 5.58. The fourth-order valence-corrected chi connectivity index (χ4v) is 1.83. The summed E-state index contributed by atoms with van der Waals surface area (Å²) in [7, 11) is 0. The number of carbonyl (C=O) groups is 1. The van der Waals surface area contributed by atoms with Crippen LogP contribution in [0.3, 0.4) is 0 Å². The fraction of sp³-hybridized carbons (Fsp3) is 0.462. The average molecular weight is 221 g/mol. The zero-order valence-electron chi connectivity index (χ0n) is 10.2. The van der Waals surface area contributed by atoms with Crippen LogP contribution in [-0.2, 0) is 4.79 Å². The smallest absolute Gasteiger partial charge is 0.305 e. The molecule has 0 aliphatic heterocycles. The molecule has 0 bridgehead atoms. The molecule has 1 N–H and O–H groups in total. The number of benzene rings is 1. The highest BCUT2D eigenvalue weighted by atomic mass is 16.4. The van der Waals surface area contributed by atoms with Crippen molar-refractivity contribution in [3.05, 3.63) is 29.3 Å². The normalized spacial score (nSPS) is 10.2. The molecule has 3 heteroatoms. The highest BCUT2D eigenvalue weighted by Crippen LogP contribution is 2.18.